The second kappa shape index (κ2) is 10.1. The maximum atomic E-state index is 13.9. The molecular formula is C26H23BrF3N5O5. The summed E-state index contributed by atoms with van der Waals surface area (Å²) in [5, 5.41) is 10.4. The number of rotatable bonds is 5. The van der Waals surface area contributed by atoms with E-state index in [0.717, 1.165) is 4.47 Å². The zero-order chi connectivity index (χ0) is 28.2. The Labute approximate surface area is 233 Å². The fourth-order valence-electron chi connectivity index (χ4n) is 5.20. The molecule has 210 valence electrons. The first-order valence-electron chi connectivity index (χ1n) is 12.5. The third-order valence-electron chi connectivity index (χ3n) is 7.03. The molecule has 14 heteroatoms. The van der Waals surface area contributed by atoms with Crippen LogP contribution in [0, 0.1) is 0 Å². The number of hydrogen-bond donors (Lipinski definition) is 1. The van der Waals surface area contributed by atoms with E-state index in [4.69, 9.17) is 13.9 Å². The number of nitrogens with zero attached hydrogens (tertiary/aromatic N) is 5. The highest BCUT2D eigenvalue weighted by Crippen LogP contribution is 2.40. The molecule has 2 aliphatic heterocycles. The Kier molecular flexibility index (Phi) is 6.69. The molecule has 1 aromatic carbocycles. The van der Waals surface area contributed by atoms with Crippen molar-refractivity contribution >= 4 is 55.5 Å². The number of pyridine rings is 1. The van der Waals surface area contributed by atoms with E-state index < -0.39 is 30.1 Å². The van der Waals surface area contributed by atoms with Crippen molar-refractivity contribution in [3.05, 3.63) is 46.8 Å². The van der Waals surface area contributed by atoms with Gasteiger partial charge in [-0.2, -0.15) is 13.2 Å². The Morgan fingerprint density at radius 2 is 2.02 bits per heavy atom. The van der Waals surface area contributed by atoms with Crippen LogP contribution in [0.15, 0.2) is 45.4 Å². The molecule has 3 aromatic heterocycles. The van der Waals surface area contributed by atoms with Gasteiger partial charge >= 0.3 is 12.1 Å². The van der Waals surface area contributed by atoms with Crippen molar-refractivity contribution in [2.75, 3.05) is 36.1 Å². The summed E-state index contributed by atoms with van der Waals surface area (Å²) < 4.78 is 60.0. The van der Waals surface area contributed by atoms with E-state index >= 15 is 0 Å². The highest BCUT2D eigenvalue weighted by molar-refractivity contribution is 9.10. The SMILES string of the molecule is C[C@H]1COCCN1c1cc(Br)cnc1O[C@H]1C[C@@H](C(=O)O)N(c2nc(C(F)(F)F)nc3c2oc2ccccc23)C1. The molecule has 2 saturated heterocycles. The maximum absolute atomic E-state index is 13.9. The number of halogens is 4. The fourth-order valence-corrected chi connectivity index (χ4v) is 5.52. The van der Waals surface area contributed by atoms with Crippen LogP contribution in [0.3, 0.4) is 0 Å². The van der Waals surface area contributed by atoms with Crippen LogP contribution in [-0.4, -0.2) is 70.5 Å². The number of furan rings is 1. The highest BCUT2D eigenvalue weighted by Gasteiger charge is 2.43. The van der Waals surface area contributed by atoms with Gasteiger partial charge in [0.15, 0.2) is 11.4 Å². The van der Waals surface area contributed by atoms with Crippen molar-refractivity contribution in [1.82, 2.24) is 15.0 Å². The lowest BCUT2D eigenvalue weighted by atomic mass is 10.2. The molecule has 0 saturated carbocycles. The van der Waals surface area contributed by atoms with Crippen LogP contribution in [-0.2, 0) is 15.7 Å². The summed E-state index contributed by atoms with van der Waals surface area (Å²) in [4.78, 5) is 27.7. The average molecular weight is 622 g/mol. The van der Waals surface area contributed by atoms with E-state index in [1.807, 2.05) is 13.0 Å². The summed E-state index contributed by atoms with van der Waals surface area (Å²) >= 11 is 3.45. The van der Waals surface area contributed by atoms with Gasteiger partial charge in [-0.05, 0) is 41.1 Å². The van der Waals surface area contributed by atoms with Crippen molar-refractivity contribution in [3.8, 4) is 5.88 Å². The Morgan fingerprint density at radius 1 is 1.23 bits per heavy atom. The molecule has 40 heavy (non-hydrogen) atoms. The van der Waals surface area contributed by atoms with Crippen LogP contribution in [0.2, 0.25) is 0 Å². The lowest BCUT2D eigenvalue weighted by Gasteiger charge is -2.36. The van der Waals surface area contributed by atoms with Crippen LogP contribution in [0.1, 0.15) is 19.2 Å². The van der Waals surface area contributed by atoms with Crippen molar-refractivity contribution in [2.45, 2.75) is 37.7 Å². The average Bonchev–Trinajstić information content (AvgIpc) is 3.51. The smallest absolute Gasteiger partial charge is 0.451 e. The zero-order valence-electron chi connectivity index (χ0n) is 21.1. The topological polar surface area (TPSA) is 114 Å². The van der Waals surface area contributed by atoms with Gasteiger partial charge in [-0.1, -0.05) is 12.1 Å². The van der Waals surface area contributed by atoms with Crippen LogP contribution in [0.25, 0.3) is 22.1 Å². The van der Waals surface area contributed by atoms with E-state index in [2.05, 4.69) is 35.8 Å². The molecule has 6 rings (SSSR count). The van der Waals surface area contributed by atoms with Gasteiger partial charge in [-0.25, -0.2) is 19.7 Å². The van der Waals surface area contributed by atoms with Gasteiger partial charge in [0.2, 0.25) is 11.7 Å². The number of alkyl halides is 3. The van der Waals surface area contributed by atoms with Gasteiger partial charge in [0.05, 0.1) is 19.8 Å². The Balaban J connectivity index is 1.39. The molecule has 0 amide bonds. The zero-order valence-corrected chi connectivity index (χ0v) is 22.6. The van der Waals surface area contributed by atoms with Gasteiger partial charge in [0.25, 0.3) is 0 Å². The molecule has 4 aromatic rings. The molecule has 0 unspecified atom stereocenters. The number of aliphatic carboxylic acids is 1. The summed E-state index contributed by atoms with van der Waals surface area (Å²) in [6.45, 7) is 3.60. The molecular weight excluding hydrogens is 599 g/mol. The Bertz CT molecular complexity index is 1600. The van der Waals surface area contributed by atoms with Gasteiger partial charge < -0.3 is 28.8 Å². The number of fused-ring (bicyclic) bond motifs is 3. The van der Waals surface area contributed by atoms with Crippen LogP contribution in [0.4, 0.5) is 24.7 Å². The Morgan fingerprint density at radius 3 is 2.77 bits per heavy atom. The van der Waals surface area contributed by atoms with Gasteiger partial charge in [0.1, 0.15) is 28.9 Å². The number of para-hydroxylation sites is 1. The largest absolute Gasteiger partial charge is 0.480 e. The number of benzene rings is 1. The van der Waals surface area contributed by atoms with E-state index in [1.165, 1.54) is 4.90 Å². The minimum atomic E-state index is -4.86. The van der Waals surface area contributed by atoms with Crippen molar-refractivity contribution < 1.29 is 37.0 Å². The summed E-state index contributed by atoms with van der Waals surface area (Å²) in [5.41, 5.74) is 0.955. The number of aromatic nitrogens is 3. The number of anilines is 2. The van der Waals surface area contributed by atoms with Crippen LogP contribution >= 0.6 is 15.9 Å². The molecule has 0 bridgehead atoms. The van der Waals surface area contributed by atoms with E-state index in [9.17, 15) is 23.1 Å². The number of carbonyl (C=O) groups is 1. The minimum Gasteiger partial charge on any atom is -0.480 e. The first-order valence-corrected chi connectivity index (χ1v) is 13.3. The molecule has 5 heterocycles. The molecule has 0 radical (unpaired) electrons. The second-order valence-corrected chi connectivity index (χ2v) is 10.6. The third-order valence-corrected chi connectivity index (χ3v) is 7.46. The van der Waals surface area contributed by atoms with Gasteiger partial charge in [-0.15, -0.1) is 0 Å². The lowest BCUT2D eigenvalue weighted by Crippen LogP contribution is -2.44. The predicted molar refractivity (Wildman–Crippen MR) is 142 cm³/mol. The lowest BCUT2D eigenvalue weighted by molar-refractivity contribution is -0.144. The number of carboxylic acids is 1. The molecule has 0 spiro atoms. The van der Waals surface area contributed by atoms with E-state index in [0.29, 0.717) is 42.3 Å². The summed E-state index contributed by atoms with van der Waals surface area (Å²) in [7, 11) is 0. The normalized spacial score (nSPS) is 21.9. The number of carboxylic acid groups (broad SMARTS) is 1. The van der Waals surface area contributed by atoms with Crippen molar-refractivity contribution in [2.24, 2.45) is 0 Å². The van der Waals surface area contributed by atoms with Gasteiger partial charge in [-0.3, -0.25) is 0 Å². The summed E-state index contributed by atoms with van der Waals surface area (Å²) in [6.07, 6.45) is -4.02. The molecule has 2 fully saturated rings. The number of morpholine rings is 1. The third kappa shape index (κ3) is 4.79. The monoisotopic (exact) mass is 621 g/mol. The molecule has 3 atom stereocenters. The highest BCUT2D eigenvalue weighted by atomic mass is 79.9. The first-order chi connectivity index (χ1) is 19.1. The van der Waals surface area contributed by atoms with Gasteiger partial charge in [0, 0.05) is 35.1 Å². The van der Waals surface area contributed by atoms with Crippen LogP contribution in [0.5, 0.6) is 5.88 Å². The first kappa shape index (κ1) is 26.6. The van der Waals surface area contributed by atoms with E-state index in [-0.39, 0.29) is 35.9 Å². The van der Waals surface area contributed by atoms with E-state index in [1.54, 1.807) is 30.5 Å². The minimum absolute atomic E-state index is 0.0156. The maximum Gasteiger partial charge on any atom is 0.451 e. The van der Waals surface area contributed by atoms with Crippen LogP contribution < -0.4 is 14.5 Å². The fraction of sp³-hybridized carbons (Fsp3) is 0.385. The molecule has 10 nitrogen and oxygen atoms in total. The molecule has 1 N–H and O–H groups in total. The predicted octanol–water partition coefficient (Wildman–Crippen LogP) is 4.89. The number of hydrogen-bond acceptors (Lipinski definition) is 9. The Hall–Kier alpha value is -3.65. The molecule has 2 aliphatic rings. The molecule has 0 aliphatic carbocycles. The summed E-state index contributed by atoms with van der Waals surface area (Å²) in [6, 6.07) is 7.22. The quantitative estimate of drug-likeness (QED) is 0.330. The second-order valence-electron chi connectivity index (χ2n) is 9.72. The standard InChI is InChI=1S/C26H23BrF3N5O5/c1-13-12-38-7-6-34(13)17-8-14(27)10-31-23(17)39-15-9-18(24(36)37)35(11-15)22-21-20(32-25(33-22)26(28,29)30)16-4-2-3-5-19(16)40-21/h2-5,8,10,13,15,18H,6-7,9,11-12H2,1H3,(H,36,37)/t13-,15-,18-/m0/s1. The number of ether oxygens (including phenoxy) is 2. The summed E-state index contributed by atoms with van der Waals surface area (Å²) in [5.74, 6) is -2.57. The van der Waals surface area contributed by atoms with Crippen molar-refractivity contribution in [1.29, 1.82) is 0 Å². The van der Waals surface area contributed by atoms with Crippen molar-refractivity contribution in [3.63, 3.8) is 0 Å².